The minimum absolute atomic E-state index is 0.242. The molecule has 0 aliphatic heterocycles. The van der Waals surface area contributed by atoms with Crippen LogP contribution in [0, 0.1) is 16.7 Å². The van der Waals surface area contributed by atoms with E-state index in [1.807, 2.05) is 18.2 Å². The summed E-state index contributed by atoms with van der Waals surface area (Å²) in [6.45, 7) is 7.58. The van der Waals surface area contributed by atoms with Gasteiger partial charge in [0, 0.05) is 25.0 Å². The number of rotatable bonds is 3. The van der Waals surface area contributed by atoms with E-state index in [1.54, 1.807) is 0 Å². The third-order valence-electron chi connectivity index (χ3n) is 2.55. The lowest BCUT2D eigenvalue weighted by Gasteiger charge is -2.28. The van der Waals surface area contributed by atoms with E-state index in [-0.39, 0.29) is 5.41 Å². The topological polar surface area (TPSA) is 53.0 Å². The van der Waals surface area contributed by atoms with Crippen molar-refractivity contribution >= 4 is 11.4 Å². The molecule has 3 heteroatoms. The summed E-state index contributed by atoms with van der Waals surface area (Å²) in [7, 11) is 2.06. The lowest BCUT2D eigenvalue weighted by Crippen LogP contribution is -2.29. The lowest BCUT2D eigenvalue weighted by molar-refractivity contribution is 0.419. The molecule has 17 heavy (non-hydrogen) atoms. The first-order valence-electron chi connectivity index (χ1n) is 5.80. The van der Waals surface area contributed by atoms with E-state index in [9.17, 15) is 0 Å². The van der Waals surface area contributed by atoms with Gasteiger partial charge in [0.2, 0.25) is 0 Å². The van der Waals surface area contributed by atoms with Crippen molar-refractivity contribution in [2.45, 2.75) is 27.2 Å². The van der Waals surface area contributed by atoms with Crippen molar-refractivity contribution in [1.29, 1.82) is 5.26 Å². The molecule has 1 aromatic carbocycles. The Morgan fingerprint density at radius 2 is 2.00 bits per heavy atom. The molecule has 0 spiro atoms. The van der Waals surface area contributed by atoms with E-state index in [2.05, 4.69) is 38.8 Å². The molecule has 0 saturated carbocycles. The highest BCUT2D eigenvalue weighted by molar-refractivity contribution is 5.59. The molecular formula is C14H21N3. The van der Waals surface area contributed by atoms with Crippen LogP contribution in [0.4, 0.5) is 11.4 Å². The first-order valence-corrected chi connectivity index (χ1v) is 5.80. The van der Waals surface area contributed by atoms with Gasteiger partial charge in [0.25, 0.3) is 0 Å². The SMILES string of the molecule is CN(CC(C)(C)C)c1ccc(N)c(CC#N)c1. The van der Waals surface area contributed by atoms with E-state index in [1.165, 1.54) is 0 Å². The summed E-state index contributed by atoms with van der Waals surface area (Å²) in [4.78, 5) is 2.19. The Kier molecular flexibility index (Phi) is 4.01. The largest absolute Gasteiger partial charge is 0.398 e. The summed E-state index contributed by atoms with van der Waals surface area (Å²) in [5, 5.41) is 8.74. The standard InChI is InChI=1S/C14H21N3/c1-14(2,3)10-17(4)12-5-6-13(16)11(9-12)7-8-15/h5-6,9H,7,10,16H2,1-4H3. The molecule has 0 aliphatic carbocycles. The predicted molar refractivity (Wildman–Crippen MR) is 72.9 cm³/mol. The van der Waals surface area contributed by atoms with Gasteiger partial charge in [-0.05, 0) is 29.2 Å². The van der Waals surface area contributed by atoms with E-state index in [4.69, 9.17) is 11.0 Å². The Morgan fingerprint density at radius 3 is 2.53 bits per heavy atom. The van der Waals surface area contributed by atoms with E-state index >= 15 is 0 Å². The summed E-state index contributed by atoms with van der Waals surface area (Å²) < 4.78 is 0. The van der Waals surface area contributed by atoms with Gasteiger partial charge in [0.1, 0.15) is 0 Å². The van der Waals surface area contributed by atoms with E-state index < -0.39 is 0 Å². The van der Waals surface area contributed by atoms with Crippen LogP contribution >= 0.6 is 0 Å². The van der Waals surface area contributed by atoms with Crippen LogP contribution in [0.2, 0.25) is 0 Å². The van der Waals surface area contributed by atoms with Crippen molar-refractivity contribution in [3.8, 4) is 6.07 Å². The Morgan fingerprint density at radius 1 is 1.35 bits per heavy atom. The highest BCUT2D eigenvalue weighted by Crippen LogP contribution is 2.24. The zero-order valence-electron chi connectivity index (χ0n) is 11.1. The second kappa shape index (κ2) is 5.09. The molecule has 0 unspecified atom stereocenters. The molecule has 0 bridgehead atoms. The average molecular weight is 231 g/mol. The van der Waals surface area contributed by atoms with Gasteiger partial charge in [-0.15, -0.1) is 0 Å². The number of hydrogen-bond acceptors (Lipinski definition) is 3. The predicted octanol–water partition coefficient (Wildman–Crippen LogP) is 2.82. The molecule has 92 valence electrons. The molecule has 2 N–H and O–H groups in total. The minimum Gasteiger partial charge on any atom is -0.398 e. The number of benzene rings is 1. The van der Waals surface area contributed by atoms with Crippen LogP contribution in [-0.2, 0) is 6.42 Å². The molecule has 1 rings (SSSR count). The van der Waals surface area contributed by atoms with Crippen LogP contribution in [0.1, 0.15) is 26.3 Å². The number of anilines is 2. The fourth-order valence-electron chi connectivity index (χ4n) is 1.87. The molecule has 0 aromatic heterocycles. The minimum atomic E-state index is 0.242. The molecule has 0 aliphatic rings. The second-order valence-corrected chi connectivity index (χ2v) is 5.63. The zero-order chi connectivity index (χ0) is 13.1. The quantitative estimate of drug-likeness (QED) is 0.814. The molecule has 0 fully saturated rings. The van der Waals surface area contributed by atoms with Gasteiger partial charge < -0.3 is 10.6 Å². The van der Waals surface area contributed by atoms with E-state index in [0.29, 0.717) is 12.1 Å². The molecule has 0 saturated heterocycles. The maximum Gasteiger partial charge on any atom is 0.0670 e. The molecule has 0 amide bonds. The fraction of sp³-hybridized carbons (Fsp3) is 0.500. The lowest BCUT2D eigenvalue weighted by atomic mass is 9.96. The van der Waals surface area contributed by atoms with Crippen LogP contribution in [0.25, 0.3) is 0 Å². The number of nitrogens with two attached hydrogens (primary N) is 1. The Balaban J connectivity index is 2.92. The third-order valence-corrected chi connectivity index (χ3v) is 2.55. The molecule has 0 atom stereocenters. The molecule has 0 radical (unpaired) electrons. The second-order valence-electron chi connectivity index (χ2n) is 5.63. The third kappa shape index (κ3) is 3.99. The van der Waals surface area contributed by atoms with Crippen molar-refractivity contribution in [3.63, 3.8) is 0 Å². The van der Waals surface area contributed by atoms with Gasteiger partial charge in [-0.1, -0.05) is 20.8 Å². The molecule has 0 heterocycles. The highest BCUT2D eigenvalue weighted by Gasteiger charge is 2.14. The Hall–Kier alpha value is -1.69. The van der Waals surface area contributed by atoms with Crippen LogP contribution in [-0.4, -0.2) is 13.6 Å². The zero-order valence-corrected chi connectivity index (χ0v) is 11.1. The van der Waals surface area contributed by atoms with Crippen LogP contribution in [0.3, 0.4) is 0 Å². The molecule has 3 nitrogen and oxygen atoms in total. The summed E-state index contributed by atoms with van der Waals surface area (Å²) in [6, 6.07) is 8.02. The van der Waals surface area contributed by atoms with Gasteiger partial charge >= 0.3 is 0 Å². The van der Waals surface area contributed by atoms with Crippen molar-refractivity contribution in [2.75, 3.05) is 24.2 Å². The number of nitrogen functional groups attached to an aromatic ring is 1. The summed E-state index contributed by atoms with van der Waals surface area (Å²) in [5.41, 5.74) is 8.79. The number of hydrogen-bond donors (Lipinski definition) is 1. The van der Waals surface area contributed by atoms with Crippen LogP contribution in [0.15, 0.2) is 18.2 Å². The van der Waals surface area contributed by atoms with Gasteiger partial charge in [-0.3, -0.25) is 0 Å². The molecule has 1 aromatic rings. The van der Waals surface area contributed by atoms with Crippen LogP contribution < -0.4 is 10.6 Å². The number of nitriles is 1. The van der Waals surface area contributed by atoms with Gasteiger partial charge in [0.05, 0.1) is 12.5 Å². The van der Waals surface area contributed by atoms with Crippen molar-refractivity contribution in [2.24, 2.45) is 5.41 Å². The Bertz CT molecular complexity index is 424. The van der Waals surface area contributed by atoms with Crippen molar-refractivity contribution in [1.82, 2.24) is 0 Å². The normalized spacial score (nSPS) is 11.0. The maximum absolute atomic E-state index is 8.74. The smallest absolute Gasteiger partial charge is 0.0670 e. The first-order chi connectivity index (χ1) is 7.83. The van der Waals surface area contributed by atoms with E-state index in [0.717, 1.165) is 17.8 Å². The maximum atomic E-state index is 8.74. The van der Waals surface area contributed by atoms with Crippen LogP contribution in [0.5, 0.6) is 0 Å². The average Bonchev–Trinajstić information content (AvgIpc) is 2.19. The fourth-order valence-corrected chi connectivity index (χ4v) is 1.87. The van der Waals surface area contributed by atoms with Gasteiger partial charge in [0.15, 0.2) is 0 Å². The van der Waals surface area contributed by atoms with Crippen molar-refractivity contribution < 1.29 is 0 Å². The first kappa shape index (κ1) is 13.4. The van der Waals surface area contributed by atoms with Gasteiger partial charge in [-0.2, -0.15) is 5.26 Å². The van der Waals surface area contributed by atoms with Crippen molar-refractivity contribution in [3.05, 3.63) is 23.8 Å². The Labute approximate surface area is 104 Å². The highest BCUT2D eigenvalue weighted by atomic mass is 15.1. The molecular weight excluding hydrogens is 210 g/mol. The monoisotopic (exact) mass is 231 g/mol. The van der Waals surface area contributed by atoms with Gasteiger partial charge in [-0.25, -0.2) is 0 Å². The summed E-state index contributed by atoms with van der Waals surface area (Å²) in [6.07, 6.45) is 0.364. The summed E-state index contributed by atoms with van der Waals surface area (Å²) in [5.74, 6) is 0. The number of nitrogens with zero attached hydrogens (tertiary/aromatic N) is 2. The summed E-state index contributed by atoms with van der Waals surface area (Å²) >= 11 is 0.